The van der Waals surface area contributed by atoms with Crippen LogP contribution in [0.15, 0.2) is 24.3 Å². The zero-order valence-corrected chi connectivity index (χ0v) is 13.5. The van der Waals surface area contributed by atoms with E-state index in [1.165, 1.54) is 0 Å². The third kappa shape index (κ3) is 4.31. The Hall–Kier alpha value is -2.37. The van der Waals surface area contributed by atoms with E-state index in [9.17, 15) is 14.4 Å². The van der Waals surface area contributed by atoms with Crippen LogP contribution in [0.3, 0.4) is 0 Å². The van der Waals surface area contributed by atoms with Crippen molar-refractivity contribution >= 4 is 23.5 Å². The Morgan fingerprint density at radius 3 is 2.52 bits per heavy atom. The first kappa shape index (κ1) is 17.0. The fourth-order valence-electron chi connectivity index (χ4n) is 2.47. The lowest BCUT2D eigenvalue weighted by Gasteiger charge is -2.13. The molecular formula is C17H22N2O4. The minimum atomic E-state index is -0.371. The number of esters is 1. The highest BCUT2D eigenvalue weighted by molar-refractivity contribution is 5.97. The average molecular weight is 318 g/mol. The molecule has 1 heterocycles. The summed E-state index contributed by atoms with van der Waals surface area (Å²) >= 11 is 0. The quantitative estimate of drug-likeness (QED) is 0.815. The second kappa shape index (κ2) is 7.76. The van der Waals surface area contributed by atoms with Crippen molar-refractivity contribution in [2.75, 3.05) is 25.0 Å². The van der Waals surface area contributed by atoms with Crippen molar-refractivity contribution in [1.82, 2.24) is 4.90 Å². The van der Waals surface area contributed by atoms with Gasteiger partial charge in [0.1, 0.15) is 0 Å². The molecule has 1 atom stereocenters. The Labute approximate surface area is 135 Å². The van der Waals surface area contributed by atoms with Gasteiger partial charge in [-0.2, -0.15) is 0 Å². The number of nitrogens with one attached hydrogen (secondary N) is 1. The number of rotatable bonds is 6. The monoisotopic (exact) mass is 318 g/mol. The number of benzene rings is 1. The molecule has 0 spiro atoms. The van der Waals surface area contributed by atoms with Gasteiger partial charge in [-0.05, 0) is 37.6 Å². The number of hydrogen-bond donors (Lipinski definition) is 1. The second-order valence-corrected chi connectivity index (χ2v) is 5.54. The van der Waals surface area contributed by atoms with Gasteiger partial charge in [0.15, 0.2) is 0 Å². The largest absolute Gasteiger partial charge is 0.462 e. The highest BCUT2D eigenvalue weighted by atomic mass is 16.5. The molecule has 1 fully saturated rings. The fraction of sp³-hybridized carbons (Fsp3) is 0.471. The standard InChI is InChI=1S/C17H22N2O4/c1-3-9-23-17(22)12-5-7-14(8-6-12)18-16(21)13-10-15(20)19(4-2)11-13/h5-8,13H,3-4,9-11H2,1-2H3,(H,18,21). The van der Waals surface area contributed by atoms with Crippen LogP contribution in [-0.2, 0) is 14.3 Å². The third-order valence-corrected chi connectivity index (χ3v) is 3.79. The molecule has 124 valence electrons. The van der Waals surface area contributed by atoms with Crippen LogP contribution in [0.2, 0.25) is 0 Å². The molecule has 0 aromatic heterocycles. The van der Waals surface area contributed by atoms with Gasteiger partial charge in [0, 0.05) is 25.2 Å². The number of anilines is 1. The van der Waals surface area contributed by atoms with E-state index in [1.54, 1.807) is 29.2 Å². The van der Waals surface area contributed by atoms with Crippen molar-refractivity contribution in [1.29, 1.82) is 0 Å². The van der Waals surface area contributed by atoms with Crippen LogP contribution in [-0.4, -0.2) is 42.4 Å². The molecule has 1 aromatic carbocycles. The summed E-state index contributed by atoms with van der Waals surface area (Å²) < 4.78 is 5.05. The molecule has 1 aliphatic heterocycles. The van der Waals surface area contributed by atoms with Crippen molar-refractivity contribution in [3.8, 4) is 0 Å². The van der Waals surface area contributed by atoms with Gasteiger partial charge >= 0.3 is 5.97 Å². The summed E-state index contributed by atoms with van der Waals surface area (Å²) in [6, 6.07) is 6.56. The number of amides is 2. The van der Waals surface area contributed by atoms with Crippen LogP contribution in [0.25, 0.3) is 0 Å². The van der Waals surface area contributed by atoms with Crippen LogP contribution < -0.4 is 5.32 Å². The first-order valence-corrected chi connectivity index (χ1v) is 7.91. The lowest BCUT2D eigenvalue weighted by atomic mass is 10.1. The lowest BCUT2D eigenvalue weighted by molar-refractivity contribution is -0.128. The molecule has 0 aliphatic carbocycles. The van der Waals surface area contributed by atoms with Crippen LogP contribution in [0, 0.1) is 5.92 Å². The van der Waals surface area contributed by atoms with Crippen LogP contribution in [0.1, 0.15) is 37.0 Å². The zero-order chi connectivity index (χ0) is 16.8. The maximum absolute atomic E-state index is 12.2. The van der Waals surface area contributed by atoms with Crippen molar-refractivity contribution in [3.05, 3.63) is 29.8 Å². The second-order valence-electron chi connectivity index (χ2n) is 5.54. The number of carbonyl (C=O) groups excluding carboxylic acids is 3. The van der Waals surface area contributed by atoms with E-state index in [-0.39, 0.29) is 30.1 Å². The molecule has 1 saturated heterocycles. The van der Waals surface area contributed by atoms with Gasteiger partial charge < -0.3 is 15.0 Å². The molecule has 2 amide bonds. The Balaban J connectivity index is 1.92. The van der Waals surface area contributed by atoms with E-state index < -0.39 is 0 Å². The number of nitrogens with zero attached hydrogens (tertiary/aromatic N) is 1. The number of ether oxygens (including phenoxy) is 1. The molecule has 6 heteroatoms. The smallest absolute Gasteiger partial charge is 0.338 e. The fourth-order valence-corrected chi connectivity index (χ4v) is 2.47. The molecule has 1 N–H and O–H groups in total. The van der Waals surface area contributed by atoms with E-state index in [0.717, 1.165) is 6.42 Å². The summed E-state index contributed by atoms with van der Waals surface area (Å²) in [4.78, 5) is 37.2. The van der Waals surface area contributed by atoms with E-state index in [4.69, 9.17) is 4.74 Å². The molecule has 1 aromatic rings. The van der Waals surface area contributed by atoms with Gasteiger partial charge in [-0.1, -0.05) is 6.92 Å². The molecule has 0 bridgehead atoms. The molecule has 1 unspecified atom stereocenters. The minimum Gasteiger partial charge on any atom is -0.462 e. The first-order valence-electron chi connectivity index (χ1n) is 7.91. The van der Waals surface area contributed by atoms with Gasteiger partial charge in [-0.15, -0.1) is 0 Å². The van der Waals surface area contributed by atoms with Crippen LogP contribution in [0.5, 0.6) is 0 Å². The van der Waals surface area contributed by atoms with Gasteiger partial charge in [0.05, 0.1) is 18.1 Å². The highest BCUT2D eigenvalue weighted by Crippen LogP contribution is 2.20. The summed E-state index contributed by atoms with van der Waals surface area (Å²) in [5.74, 6) is -0.848. The number of carbonyl (C=O) groups is 3. The van der Waals surface area contributed by atoms with Gasteiger partial charge in [0.25, 0.3) is 0 Å². The normalized spacial score (nSPS) is 17.2. The van der Waals surface area contributed by atoms with Gasteiger partial charge in [0.2, 0.25) is 11.8 Å². The molecule has 0 saturated carbocycles. The van der Waals surface area contributed by atoms with E-state index in [1.807, 2.05) is 13.8 Å². The summed E-state index contributed by atoms with van der Waals surface area (Å²) in [7, 11) is 0. The van der Waals surface area contributed by atoms with Crippen LogP contribution in [0.4, 0.5) is 5.69 Å². The van der Waals surface area contributed by atoms with E-state index >= 15 is 0 Å². The SMILES string of the molecule is CCCOC(=O)c1ccc(NC(=O)C2CC(=O)N(CC)C2)cc1. The molecular weight excluding hydrogens is 296 g/mol. The molecule has 0 radical (unpaired) electrons. The maximum Gasteiger partial charge on any atom is 0.338 e. The topological polar surface area (TPSA) is 75.7 Å². The first-order chi connectivity index (χ1) is 11.0. The Kier molecular flexibility index (Phi) is 5.73. The summed E-state index contributed by atoms with van der Waals surface area (Å²) in [6.07, 6.45) is 1.02. The third-order valence-electron chi connectivity index (χ3n) is 3.79. The highest BCUT2D eigenvalue weighted by Gasteiger charge is 2.33. The van der Waals surface area contributed by atoms with Crippen molar-refractivity contribution in [2.45, 2.75) is 26.7 Å². The minimum absolute atomic E-state index is 0.0154. The Morgan fingerprint density at radius 1 is 1.26 bits per heavy atom. The predicted molar refractivity (Wildman–Crippen MR) is 86.0 cm³/mol. The van der Waals surface area contributed by atoms with Crippen molar-refractivity contribution < 1.29 is 19.1 Å². The summed E-state index contributed by atoms with van der Waals surface area (Å²) in [5, 5.41) is 2.79. The van der Waals surface area contributed by atoms with Crippen molar-refractivity contribution in [3.63, 3.8) is 0 Å². The Bertz CT molecular complexity index is 583. The van der Waals surface area contributed by atoms with E-state index in [0.29, 0.717) is 30.9 Å². The lowest BCUT2D eigenvalue weighted by Crippen LogP contribution is -2.28. The Morgan fingerprint density at radius 2 is 1.96 bits per heavy atom. The number of likely N-dealkylation sites (tertiary alicyclic amines) is 1. The number of hydrogen-bond acceptors (Lipinski definition) is 4. The summed E-state index contributed by atoms with van der Waals surface area (Å²) in [6.45, 7) is 5.30. The van der Waals surface area contributed by atoms with E-state index in [2.05, 4.69) is 5.32 Å². The molecule has 23 heavy (non-hydrogen) atoms. The average Bonchev–Trinajstić information content (AvgIpc) is 2.94. The van der Waals surface area contributed by atoms with Crippen LogP contribution >= 0.6 is 0 Å². The predicted octanol–water partition coefficient (Wildman–Crippen LogP) is 2.06. The molecule has 6 nitrogen and oxygen atoms in total. The maximum atomic E-state index is 12.2. The summed E-state index contributed by atoms with van der Waals surface area (Å²) in [5.41, 5.74) is 1.05. The molecule has 1 aliphatic rings. The molecule has 2 rings (SSSR count). The zero-order valence-electron chi connectivity index (χ0n) is 13.5. The van der Waals surface area contributed by atoms with Gasteiger partial charge in [-0.25, -0.2) is 4.79 Å². The van der Waals surface area contributed by atoms with Crippen molar-refractivity contribution in [2.24, 2.45) is 5.92 Å². The van der Waals surface area contributed by atoms with Gasteiger partial charge in [-0.3, -0.25) is 9.59 Å².